The van der Waals surface area contributed by atoms with Crippen LogP contribution in [0.4, 0.5) is 0 Å². The molecule has 0 saturated heterocycles. The lowest BCUT2D eigenvalue weighted by molar-refractivity contribution is 0.411. The average Bonchev–Trinajstić information content (AvgIpc) is 2.84. The number of halogens is 1. The number of aromatic nitrogens is 3. The van der Waals surface area contributed by atoms with Gasteiger partial charge in [-0.2, -0.15) is 0 Å². The van der Waals surface area contributed by atoms with Gasteiger partial charge in [0.05, 0.1) is 23.4 Å². The summed E-state index contributed by atoms with van der Waals surface area (Å²) in [6, 6.07) is 7.40. The van der Waals surface area contributed by atoms with Gasteiger partial charge in [-0.1, -0.05) is 0 Å². The van der Waals surface area contributed by atoms with Gasteiger partial charge in [0.2, 0.25) is 5.88 Å². The molecule has 1 aromatic carbocycles. The van der Waals surface area contributed by atoms with E-state index in [0.717, 1.165) is 21.3 Å². The fourth-order valence-corrected chi connectivity index (χ4v) is 2.35. The standard InChI is InChI=1S/C14H12BrN3O2/c1-18-8-17-13-11(18)5-6-16-14(13)20-12-4-3-9(19-2)7-10(12)15/h3-8H,1-2H3. The maximum absolute atomic E-state index is 5.85. The molecule has 3 rings (SSSR count). The van der Waals surface area contributed by atoms with Crippen LogP contribution in [0.25, 0.3) is 11.0 Å². The minimum Gasteiger partial charge on any atom is -0.497 e. The molecule has 0 bridgehead atoms. The topological polar surface area (TPSA) is 49.2 Å². The van der Waals surface area contributed by atoms with Crippen molar-refractivity contribution in [2.75, 3.05) is 7.11 Å². The Morgan fingerprint density at radius 3 is 2.80 bits per heavy atom. The minimum absolute atomic E-state index is 0.481. The summed E-state index contributed by atoms with van der Waals surface area (Å²) in [6.07, 6.45) is 3.44. The zero-order valence-corrected chi connectivity index (χ0v) is 12.6. The van der Waals surface area contributed by atoms with Crippen LogP contribution in [0.1, 0.15) is 0 Å². The fourth-order valence-electron chi connectivity index (χ4n) is 1.91. The molecule has 0 spiro atoms. The number of benzene rings is 1. The van der Waals surface area contributed by atoms with Crippen molar-refractivity contribution in [3.05, 3.63) is 41.3 Å². The van der Waals surface area contributed by atoms with Gasteiger partial charge in [-0.15, -0.1) is 0 Å². The van der Waals surface area contributed by atoms with Gasteiger partial charge >= 0.3 is 0 Å². The van der Waals surface area contributed by atoms with E-state index in [-0.39, 0.29) is 0 Å². The first kappa shape index (κ1) is 12.9. The Bertz CT molecular complexity index is 770. The van der Waals surface area contributed by atoms with Gasteiger partial charge in [0.25, 0.3) is 0 Å². The van der Waals surface area contributed by atoms with Crippen LogP contribution in [-0.2, 0) is 7.05 Å². The Morgan fingerprint density at radius 1 is 1.20 bits per heavy atom. The monoisotopic (exact) mass is 333 g/mol. The van der Waals surface area contributed by atoms with E-state index < -0.39 is 0 Å². The van der Waals surface area contributed by atoms with E-state index in [0.29, 0.717) is 11.6 Å². The summed E-state index contributed by atoms with van der Waals surface area (Å²) >= 11 is 3.46. The molecule has 0 aliphatic carbocycles. The SMILES string of the molecule is COc1ccc(Oc2nccc3c2ncn3C)c(Br)c1. The molecule has 0 radical (unpaired) electrons. The Morgan fingerprint density at radius 2 is 2.05 bits per heavy atom. The van der Waals surface area contributed by atoms with Crippen molar-refractivity contribution in [2.45, 2.75) is 0 Å². The number of aryl methyl sites for hydroxylation is 1. The second-order valence-corrected chi connectivity index (χ2v) is 5.09. The maximum atomic E-state index is 5.85. The highest BCUT2D eigenvalue weighted by Crippen LogP contribution is 2.33. The first-order valence-electron chi connectivity index (χ1n) is 5.96. The molecule has 20 heavy (non-hydrogen) atoms. The number of rotatable bonds is 3. The normalized spacial score (nSPS) is 10.8. The molecule has 0 amide bonds. The Hall–Kier alpha value is -2.08. The summed E-state index contributed by atoms with van der Waals surface area (Å²) in [6.45, 7) is 0. The van der Waals surface area contributed by atoms with Gasteiger partial charge in [-0.25, -0.2) is 9.97 Å². The number of fused-ring (bicyclic) bond motifs is 1. The molecule has 0 aliphatic heterocycles. The molecule has 0 atom stereocenters. The van der Waals surface area contributed by atoms with Crippen molar-refractivity contribution < 1.29 is 9.47 Å². The predicted octanol–water partition coefficient (Wildman–Crippen LogP) is 3.53. The summed E-state index contributed by atoms with van der Waals surface area (Å²) in [5.41, 5.74) is 1.71. The Labute approximate surface area is 124 Å². The zero-order chi connectivity index (χ0) is 14.1. The van der Waals surface area contributed by atoms with Crippen LogP contribution < -0.4 is 9.47 Å². The van der Waals surface area contributed by atoms with Crippen LogP contribution in [0.15, 0.2) is 41.3 Å². The number of pyridine rings is 1. The van der Waals surface area contributed by atoms with E-state index in [1.807, 2.05) is 35.9 Å². The number of hydrogen-bond acceptors (Lipinski definition) is 4. The lowest BCUT2D eigenvalue weighted by Gasteiger charge is -2.08. The lowest BCUT2D eigenvalue weighted by Crippen LogP contribution is -1.92. The molecular weight excluding hydrogens is 322 g/mol. The number of ether oxygens (including phenoxy) is 2. The van der Waals surface area contributed by atoms with E-state index in [2.05, 4.69) is 25.9 Å². The molecular formula is C14H12BrN3O2. The number of methoxy groups -OCH3 is 1. The maximum Gasteiger partial charge on any atom is 0.247 e. The van der Waals surface area contributed by atoms with Gasteiger partial charge in [0, 0.05) is 13.2 Å². The van der Waals surface area contributed by atoms with Gasteiger partial charge in [0.1, 0.15) is 11.5 Å². The van der Waals surface area contributed by atoms with Crippen LogP contribution in [0.2, 0.25) is 0 Å². The van der Waals surface area contributed by atoms with E-state index in [1.165, 1.54) is 0 Å². The zero-order valence-electron chi connectivity index (χ0n) is 11.0. The number of nitrogens with zero attached hydrogens (tertiary/aromatic N) is 3. The molecule has 5 nitrogen and oxygen atoms in total. The summed E-state index contributed by atoms with van der Waals surface area (Å²) < 4.78 is 13.7. The molecule has 3 aromatic rings. The molecule has 102 valence electrons. The molecule has 0 aliphatic rings. The lowest BCUT2D eigenvalue weighted by atomic mass is 10.3. The van der Waals surface area contributed by atoms with Crippen LogP contribution in [0.3, 0.4) is 0 Å². The van der Waals surface area contributed by atoms with Crippen molar-refractivity contribution >= 4 is 27.0 Å². The van der Waals surface area contributed by atoms with Crippen LogP contribution >= 0.6 is 15.9 Å². The fraction of sp³-hybridized carbons (Fsp3) is 0.143. The minimum atomic E-state index is 0.481. The van der Waals surface area contributed by atoms with Crippen molar-refractivity contribution in [2.24, 2.45) is 7.05 Å². The highest BCUT2D eigenvalue weighted by Gasteiger charge is 2.11. The van der Waals surface area contributed by atoms with Gasteiger partial charge in [-0.05, 0) is 40.2 Å². The van der Waals surface area contributed by atoms with Crippen molar-refractivity contribution in [3.63, 3.8) is 0 Å². The molecule has 2 heterocycles. The molecule has 0 fully saturated rings. The third kappa shape index (κ3) is 2.22. The largest absolute Gasteiger partial charge is 0.497 e. The average molecular weight is 334 g/mol. The molecule has 6 heteroatoms. The van der Waals surface area contributed by atoms with Crippen LogP contribution in [0, 0.1) is 0 Å². The van der Waals surface area contributed by atoms with E-state index >= 15 is 0 Å². The highest BCUT2D eigenvalue weighted by molar-refractivity contribution is 9.10. The summed E-state index contributed by atoms with van der Waals surface area (Å²) in [4.78, 5) is 8.56. The summed E-state index contributed by atoms with van der Waals surface area (Å²) in [7, 11) is 3.56. The number of hydrogen-bond donors (Lipinski definition) is 0. The quantitative estimate of drug-likeness (QED) is 0.735. The van der Waals surface area contributed by atoms with Crippen LogP contribution in [-0.4, -0.2) is 21.6 Å². The van der Waals surface area contributed by atoms with Crippen molar-refractivity contribution in [1.29, 1.82) is 0 Å². The van der Waals surface area contributed by atoms with Gasteiger partial charge in [0.15, 0.2) is 5.52 Å². The first-order valence-corrected chi connectivity index (χ1v) is 6.76. The van der Waals surface area contributed by atoms with E-state index in [1.54, 1.807) is 19.6 Å². The smallest absolute Gasteiger partial charge is 0.247 e. The van der Waals surface area contributed by atoms with Crippen molar-refractivity contribution in [3.8, 4) is 17.4 Å². The number of imidazole rings is 1. The third-order valence-corrected chi connectivity index (χ3v) is 3.57. The summed E-state index contributed by atoms with van der Waals surface area (Å²) in [5.74, 6) is 1.90. The van der Waals surface area contributed by atoms with Crippen molar-refractivity contribution in [1.82, 2.24) is 14.5 Å². The van der Waals surface area contributed by atoms with Crippen LogP contribution in [0.5, 0.6) is 17.4 Å². The Kier molecular flexibility index (Phi) is 3.31. The Balaban J connectivity index is 2.01. The highest BCUT2D eigenvalue weighted by atomic mass is 79.9. The van der Waals surface area contributed by atoms with E-state index in [9.17, 15) is 0 Å². The van der Waals surface area contributed by atoms with E-state index in [4.69, 9.17) is 9.47 Å². The van der Waals surface area contributed by atoms with Gasteiger partial charge < -0.3 is 14.0 Å². The molecule has 0 saturated carbocycles. The van der Waals surface area contributed by atoms with Gasteiger partial charge in [-0.3, -0.25) is 0 Å². The first-order chi connectivity index (χ1) is 9.69. The third-order valence-electron chi connectivity index (χ3n) is 2.96. The summed E-state index contributed by atoms with van der Waals surface area (Å²) in [5, 5.41) is 0. The molecule has 0 N–H and O–H groups in total. The molecule has 2 aromatic heterocycles. The second-order valence-electron chi connectivity index (χ2n) is 4.24. The molecule has 0 unspecified atom stereocenters. The second kappa shape index (κ2) is 5.13. The predicted molar refractivity (Wildman–Crippen MR) is 79.3 cm³/mol.